The van der Waals surface area contributed by atoms with Crippen LogP contribution in [0.5, 0.6) is 0 Å². The fourth-order valence-electron chi connectivity index (χ4n) is 3.07. The minimum absolute atomic E-state index is 0.112. The molecule has 5 heteroatoms. The maximum absolute atomic E-state index is 12.5. The number of amides is 2. The van der Waals surface area contributed by atoms with Crippen molar-refractivity contribution in [3.8, 4) is 0 Å². The zero-order valence-corrected chi connectivity index (χ0v) is 12.5. The molecule has 1 atom stereocenters. The zero-order chi connectivity index (χ0) is 14.4. The monoisotopic (exact) mass is 282 g/mol. The Morgan fingerprint density at radius 1 is 1.00 bits per heavy atom. The van der Waals surface area contributed by atoms with Crippen LogP contribution in [0, 0.1) is 5.92 Å². The average Bonchev–Trinajstić information content (AvgIpc) is 2.76. The maximum Gasteiger partial charge on any atom is 0.320 e. The summed E-state index contributed by atoms with van der Waals surface area (Å²) in [5, 5.41) is 0. The Morgan fingerprint density at radius 3 is 2.30 bits per heavy atom. The first kappa shape index (κ1) is 15.1. The minimum atomic E-state index is -0.152. The van der Waals surface area contributed by atoms with E-state index in [4.69, 9.17) is 4.74 Å². The van der Waals surface area contributed by atoms with Gasteiger partial charge in [0.1, 0.15) is 0 Å². The van der Waals surface area contributed by atoms with Crippen molar-refractivity contribution in [1.29, 1.82) is 0 Å². The zero-order valence-electron chi connectivity index (χ0n) is 12.5. The third-order valence-corrected chi connectivity index (χ3v) is 4.19. The summed E-state index contributed by atoms with van der Waals surface area (Å²) in [6.07, 6.45) is 6.36. The number of ether oxygens (including phenoxy) is 1. The summed E-state index contributed by atoms with van der Waals surface area (Å²) in [6, 6.07) is 0.112. The fourth-order valence-corrected chi connectivity index (χ4v) is 3.07. The molecule has 0 aromatic heterocycles. The van der Waals surface area contributed by atoms with Crippen molar-refractivity contribution in [3.05, 3.63) is 0 Å². The lowest BCUT2D eigenvalue weighted by molar-refractivity contribution is -0.149. The number of likely N-dealkylation sites (tertiary alicyclic amines) is 2. The predicted molar refractivity (Wildman–Crippen MR) is 76.4 cm³/mol. The molecule has 0 spiro atoms. The summed E-state index contributed by atoms with van der Waals surface area (Å²) in [5.41, 5.74) is 0. The van der Waals surface area contributed by atoms with Crippen LogP contribution in [0.3, 0.4) is 0 Å². The van der Waals surface area contributed by atoms with Gasteiger partial charge in [-0.3, -0.25) is 4.79 Å². The third kappa shape index (κ3) is 3.87. The lowest BCUT2D eigenvalue weighted by Gasteiger charge is -2.35. The standard InChI is InChI=1S/C15H26N2O3/c1-2-20-14(18)13-8-7-11-17(12-13)15(19)16-9-5-3-4-6-10-16/h13H,2-12H2,1H3/t13-/m0/s1. The molecule has 0 unspecified atom stereocenters. The molecule has 2 fully saturated rings. The number of nitrogens with zero attached hydrogens (tertiary/aromatic N) is 2. The van der Waals surface area contributed by atoms with Gasteiger partial charge in [0.15, 0.2) is 0 Å². The number of hydrogen-bond acceptors (Lipinski definition) is 3. The van der Waals surface area contributed by atoms with Gasteiger partial charge in [-0.05, 0) is 32.6 Å². The number of carbonyl (C=O) groups excluding carboxylic acids is 2. The van der Waals surface area contributed by atoms with Crippen LogP contribution >= 0.6 is 0 Å². The first-order chi connectivity index (χ1) is 9.72. The Balaban J connectivity index is 1.90. The van der Waals surface area contributed by atoms with Gasteiger partial charge in [0.05, 0.1) is 12.5 Å². The van der Waals surface area contributed by atoms with Crippen LogP contribution in [0.15, 0.2) is 0 Å². The van der Waals surface area contributed by atoms with E-state index in [2.05, 4.69) is 0 Å². The van der Waals surface area contributed by atoms with Gasteiger partial charge in [-0.25, -0.2) is 4.79 Å². The molecular weight excluding hydrogens is 256 g/mol. The maximum atomic E-state index is 12.5. The van der Waals surface area contributed by atoms with E-state index in [0.29, 0.717) is 13.2 Å². The molecule has 0 aromatic rings. The van der Waals surface area contributed by atoms with Gasteiger partial charge in [0, 0.05) is 26.2 Å². The molecule has 0 N–H and O–H groups in total. The number of urea groups is 1. The van der Waals surface area contributed by atoms with Crippen molar-refractivity contribution in [2.75, 3.05) is 32.8 Å². The Hall–Kier alpha value is -1.26. The van der Waals surface area contributed by atoms with E-state index in [1.807, 2.05) is 16.7 Å². The smallest absolute Gasteiger partial charge is 0.320 e. The van der Waals surface area contributed by atoms with Crippen LogP contribution in [-0.2, 0) is 9.53 Å². The van der Waals surface area contributed by atoms with E-state index >= 15 is 0 Å². The highest BCUT2D eigenvalue weighted by Crippen LogP contribution is 2.20. The van der Waals surface area contributed by atoms with Crippen molar-refractivity contribution in [1.82, 2.24) is 9.80 Å². The Bertz CT molecular complexity index is 338. The van der Waals surface area contributed by atoms with Crippen molar-refractivity contribution in [3.63, 3.8) is 0 Å². The molecule has 0 aliphatic carbocycles. The molecular formula is C15H26N2O3. The summed E-state index contributed by atoms with van der Waals surface area (Å²) >= 11 is 0. The molecule has 20 heavy (non-hydrogen) atoms. The highest BCUT2D eigenvalue weighted by Gasteiger charge is 2.31. The molecule has 2 aliphatic rings. The minimum Gasteiger partial charge on any atom is -0.466 e. The Morgan fingerprint density at radius 2 is 1.65 bits per heavy atom. The van der Waals surface area contributed by atoms with E-state index in [1.54, 1.807) is 0 Å². The normalized spacial score (nSPS) is 24.1. The molecule has 0 bridgehead atoms. The summed E-state index contributed by atoms with van der Waals surface area (Å²) in [7, 11) is 0. The van der Waals surface area contributed by atoms with Crippen molar-refractivity contribution in [2.24, 2.45) is 5.92 Å². The molecule has 2 amide bonds. The Kier molecular flexibility index (Phi) is 5.68. The molecule has 5 nitrogen and oxygen atoms in total. The summed E-state index contributed by atoms with van der Waals surface area (Å²) in [6.45, 7) is 5.24. The van der Waals surface area contributed by atoms with Crippen molar-refractivity contribution < 1.29 is 14.3 Å². The number of carbonyl (C=O) groups is 2. The number of piperidine rings is 1. The van der Waals surface area contributed by atoms with Gasteiger partial charge in [0.2, 0.25) is 0 Å². The topological polar surface area (TPSA) is 49.9 Å². The first-order valence-electron chi connectivity index (χ1n) is 7.93. The van der Waals surface area contributed by atoms with Crippen LogP contribution in [-0.4, -0.2) is 54.6 Å². The molecule has 114 valence electrons. The molecule has 2 rings (SSSR count). The van der Waals surface area contributed by atoms with Crippen LogP contribution in [0.1, 0.15) is 45.4 Å². The highest BCUT2D eigenvalue weighted by atomic mass is 16.5. The number of rotatable bonds is 2. The van der Waals surface area contributed by atoms with Gasteiger partial charge in [-0.1, -0.05) is 12.8 Å². The molecule has 0 aromatic carbocycles. The summed E-state index contributed by atoms with van der Waals surface area (Å²) < 4.78 is 5.08. The van der Waals surface area contributed by atoms with Crippen LogP contribution in [0.2, 0.25) is 0 Å². The largest absolute Gasteiger partial charge is 0.466 e. The molecule has 2 aliphatic heterocycles. The second-order valence-electron chi connectivity index (χ2n) is 5.72. The molecule has 2 saturated heterocycles. The fraction of sp³-hybridized carbons (Fsp3) is 0.867. The summed E-state index contributed by atoms with van der Waals surface area (Å²) in [5.74, 6) is -0.291. The number of hydrogen-bond donors (Lipinski definition) is 0. The molecule has 0 saturated carbocycles. The molecule has 0 radical (unpaired) electrons. The van der Waals surface area contributed by atoms with E-state index < -0.39 is 0 Å². The average molecular weight is 282 g/mol. The van der Waals surface area contributed by atoms with Crippen LogP contribution in [0.25, 0.3) is 0 Å². The number of esters is 1. The second kappa shape index (κ2) is 7.50. The van der Waals surface area contributed by atoms with Crippen LogP contribution < -0.4 is 0 Å². The van der Waals surface area contributed by atoms with Crippen molar-refractivity contribution >= 4 is 12.0 Å². The third-order valence-electron chi connectivity index (χ3n) is 4.19. The first-order valence-corrected chi connectivity index (χ1v) is 7.93. The quantitative estimate of drug-likeness (QED) is 0.730. The van der Waals surface area contributed by atoms with E-state index in [9.17, 15) is 9.59 Å². The molecule has 2 heterocycles. The van der Waals surface area contributed by atoms with Gasteiger partial charge < -0.3 is 14.5 Å². The van der Waals surface area contributed by atoms with Crippen LogP contribution in [0.4, 0.5) is 4.79 Å². The second-order valence-corrected chi connectivity index (χ2v) is 5.72. The Labute approximate surface area is 121 Å². The van der Waals surface area contributed by atoms with E-state index in [-0.39, 0.29) is 17.9 Å². The SMILES string of the molecule is CCOC(=O)[C@H]1CCCN(C(=O)N2CCCCCC2)C1. The predicted octanol–water partition coefficient (Wildman–Crippen LogP) is 2.26. The van der Waals surface area contributed by atoms with Gasteiger partial charge in [-0.15, -0.1) is 0 Å². The van der Waals surface area contributed by atoms with E-state index in [0.717, 1.165) is 45.3 Å². The lowest BCUT2D eigenvalue weighted by Crippen LogP contribution is -2.49. The summed E-state index contributed by atoms with van der Waals surface area (Å²) in [4.78, 5) is 28.2. The van der Waals surface area contributed by atoms with Gasteiger partial charge >= 0.3 is 12.0 Å². The lowest BCUT2D eigenvalue weighted by atomic mass is 9.98. The van der Waals surface area contributed by atoms with Crippen molar-refractivity contribution in [2.45, 2.75) is 45.4 Å². The highest BCUT2D eigenvalue weighted by molar-refractivity contribution is 5.77. The van der Waals surface area contributed by atoms with Gasteiger partial charge in [0.25, 0.3) is 0 Å². The van der Waals surface area contributed by atoms with E-state index in [1.165, 1.54) is 12.8 Å². The van der Waals surface area contributed by atoms with Gasteiger partial charge in [-0.2, -0.15) is 0 Å².